The minimum Gasteiger partial charge on any atom is -0.444 e. The Hall–Kier alpha value is -1.82. The van der Waals surface area contributed by atoms with Crippen LogP contribution in [0.2, 0.25) is 0 Å². The van der Waals surface area contributed by atoms with Crippen molar-refractivity contribution < 1.29 is 13.7 Å². The number of carbonyl (C=O) groups is 1. The minimum atomic E-state index is -1.07. The number of fused-ring (bicyclic) bond motifs is 1. The van der Waals surface area contributed by atoms with Crippen molar-refractivity contribution in [2.24, 2.45) is 0 Å². The fraction of sp³-hybridized carbons (Fsp3) is 0.500. The van der Waals surface area contributed by atoms with Crippen LogP contribution in [0.1, 0.15) is 33.6 Å². The van der Waals surface area contributed by atoms with Crippen molar-refractivity contribution >= 4 is 27.8 Å². The molecule has 3 rings (SSSR count). The first-order valence-electron chi connectivity index (χ1n) is 8.30. The molecule has 1 aliphatic heterocycles. The first-order chi connectivity index (χ1) is 11.3. The summed E-state index contributed by atoms with van der Waals surface area (Å²) in [6, 6.07) is 7.91. The topological polar surface area (TPSA) is 62.4 Å². The number of carbonyl (C=O) groups excluding carboxylic acids is 1. The predicted octanol–water partition coefficient (Wildman–Crippen LogP) is 3.68. The Morgan fingerprint density at radius 1 is 1.25 bits per heavy atom. The number of hydrogen-bond acceptors (Lipinski definition) is 3. The summed E-state index contributed by atoms with van der Waals surface area (Å²) in [6.07, 6.45) is 3.02. The van der Waals surface area contributed by atoms with Crippen LogP contribution in [0, 0.1) is 0 Å². The van der Waals surface area contributed by atoms with E-state index in [9.17, 15) is 9.00 Å². The number of nitrogens with one attached hydrogen (secondary N) is 1. The van der Waals surface area contributed by atoms with Gasteiger partial charge in [-0.2, -0.15) is 0 Å². The van der Waals surface area contributed by atoms with E-state index < -0.39 is 16.4 Å². The maximum atomic E-state index is 12.9. The minimum absolute atomic E-state index is 0.0721. The average molecular weight is 348 g/mol. The summed E-state index contributed by atoms with van der Waals surface area (Å²) in [5, 5.41) is 1.09. The van der Waals surface area contributed by atoms with Crippen LogP contribution in [0.3, 0.4) is 0 Å². The van der Waals surface area contributed by atoms with E-state index >= 15 is 0 Å². The first kappa shape index (κ1) is 17.0. The molecule has 1 unspecified atom stereocenters. The van der Waals surface area contributed by atoms with Crippen LogP contribution >= 0.6 is 0 Å². The van der Waals surface area contributed by atoms with E-state index in [-0.39, 0.29) is 11.3 Å². The molecule has 2 heterocycles. The number of para-hydroxylation sites is 1. The predicted molar refractivity (Wildman–Crippen MR) is 95.5 cm³/mol. The van der Waals surface area contributed by atoms with E-state index in [1.807, 2.05) is 51.2 Å². The number of ether oxygens (including phenoxy) is 1. The highest BCUT2D eigenvalue weighted by molar-refractivity contribution is 7.86. The van der Waals surface area contributed by atoms with Crippen LogP contribution in [0.5, 0.6) is 0 Å². The van der Waals surface area contributed by atoms with E-state index in [4.69, 9.17) is 4.74 Å². The molecule has 0 radical (unpaired) electrons. The number of likely N-dealkylation sites (tertiary alicyclic amines) is 1. The van der Waals surface area contributed by atoms with Crippen molar-refractivity contribution in [3.8, 4) is 0 Å². The van der Waals surface area contributed by atoms with E-state index in [1.54, 1.807) is 4.90 Å². The second-order valence-corrected chi connectivity index (χ2v) is 8.86. The monoisotopic (exact) mass is 348 g/mol. The molecule has 1 aromatic heterocycles. The summed E-state index contributed by atoms with van der Waals surface area (Å²) in [5.41, 5.74) is 0.521. The highest BCUT2D eigenvalue weighted by Gasteiger charge is 2.30. The average Bonchev–Trinajstić information content (AvgIpc) is 2.97. The van der Waals surface area contributed by atoms with Crippen LogP contribution in [0.4, 0.5) is 4.79 Å². The quantitative estimate of drug-likeness (QED) is 0.900. The Labute approximate surface area is 144 Å². The molecule has 1 N–H and O–H groups in total. The standard InChI is InChI=1S/C18H24N2O3S/c1-18(2,3)23-17(21)20-10-8-13(9-11-20)24(22)16-12-19-15-7-5-4-6-14(15)16/h4-7,12-13,19H,8-11H2,1-3H3. The van der Waals surface area contributed by atoms with Crippen molar-refractivity contribution in [1.29, 1.82) is 0 Å². The first-order valence-corrected chi connectivity index (χ1v) is 9.51. The molecule has 1 aliphatic rings. The molecule has 1 saturated heterocycles. The zero-order valence-electron chi connectivity index (χ0n) is 14.4. The Morgan fingerprint density at radius 3 is 2.58 bits per heavy atom. The normalized spacial score (nSPS) is 17.9. The third kappa shape index (κ3) is 3.64. The van der Waals surface area contributed by atoms with Gasteiger partial charge >= 0.3 is 6.09 Å². The van der Waals surface area contributed by atoms with E-state index in [0.717, 1.165) is 28.6 Å². The molecular formula is C18H24N2O3S. The summed E-state index contributed by atoms with van der Waals surface area (Å²) < 4.78 is 18.3. The fourth-order valence-corrected chi connectivity index (χ4v) is 4.54. The Kier molecular flexibility index (Phi) is 4.67. The second-order valence-electron chi connectivity index (χ2n) is 7.16. The summed E-state index contributed by atoms with van der Waals surface area (Å²) in [4.78, 5) is 17.9. The van der Waals surface area contributed by atoms with Gasteiger partial charge in [0.25, 0.3) is 0 Å². The lowest BCUT2D eigenvalue weighted by atomic mass is 10.1. The molecule has 130 valence electrons. The zero-order valence-corrected chi connectivity index (χ0v) is 15.2. The maximum absolute atomic E-state index is 12.9. The highest BCUT2D eigenvalue weighted by Crippen LogP contribution is 2.27. The van der Waals surface area contributed by atoms with E-state index in [2.05, 4.69) is 4.98 Å². The lowest BCUT2D eigenvalue weighted by Crippen LogP contribution is -2.43. The third-order valence-electron chi connectivity index (χ3n) is 4.16. The Morgan fingerprint density at radius 2 is 1.92 bits per heavy atom. The number of aromatic amines is 1. The van der Waals surface area contributed by atoms with Crippen LogP contribution in [0.25, 0.3) is 10.9 Å². The second kappa shape index (κ2) is 6.59. The number of aromatic nitrogens is 1. The van der Waals surface area contributed by atoms with Gasteiger partial charge in [-0.05, 0) is 39.7 Å². The van der Waals surface area contributed by atoms with Crippen molar-refractivity contribution in [2.45, 2.75) is 49.4 Å². The van der Waals surface area contributed by atoms with Gasteiger partial charge in [-0.15, -0.1) is 0 Å². The van der Waals surface area contributed by atoms with Crippen molar-refractivity contribution in [3.05, 3.63) is 30.5 Å². The lowest BCUT2D eigenvalue weighted by molar-refractivity contribution is 0.0218. The lowest BCUT2D eigenvalue weighted by Gasteiger charge is -2.33. The van der Waals surface area contributed by atoms with E-state index in [0.29, 0.717) is 13.1 Å². The molecule has 0 aliphatic carbocycles. The number of nitrogens with zero attached hydrogens (tertiary/aromatic N) is 1. The molecule has 24 heavy (non-hydrogen) atoms. The summed E-state index contributed by atoms with van der Waals surface area (Å²) in [7, 11) is -1.07. The molecule has 1 fully saturated rings. The molecular weight excluding hydrogens is 324 g/mol. The number of rotatable bonds is 2. The molecule has 1 amide bonds. The molecule has 6 heteroatoms. The van der Waals surface area contributed by atoms with Gasteiger partial charge < -0.3 is 14.6 Å². The smallest absolute Gasteiger partial charge is 0.410 e. The fourth-order valence-electron chi connectivity index (χ4n) is 2.97. The number of amides is 1. The van der Waals surface area contributed by atoms with Crippen LogP contribution in [-0.4, -0.2) is 44.1 Å². The van der Waals surface area contributed by atoms with Gasteiger partial charge in [-0.3, -0.25) is 4.21 Å². The Balaban J connectivity index is 1.64. The maximum Gasteiger partial charge on any atom is 0.410 e. The molecule has 0 saturated carbocycles. The van der Waals surface area contributed by atoms with Gasteiger partial charge in [-0.1, -0.05) is 18.2 Å². The largest absolute Gasteiger partial charge is 0.444 e. The molecule has 1 aromatic carbocycles. The van der Waals surface area contributed by atoms with Gasteiger partial charge in [0.2, 0.25) is 0 Å². The van der Waals surface area contributed by atoms with Gasteiger partial charge in [0.1, 0.15) is 5.60 Å². The van der Waals surface area contributed by atoms with Crippen molar-refractivity contribution in [2.75, 3.05) is 13.1 Å². The van der Waals surface area contributed by atoms with Crippen LogP contribution < -0.4 is 0 Å². The van der Waals surface area contributed by atoms with Crippen LogP contribution in [0.15, 0.2) is 35.4 Å². The molecule has 5 nitrogen and oxygen atoms in total. The number of hydrogen-bond donors (Lipinski definition) is 1. The Bertz CT molecular complexity index is 755. The van der Waals surface area contributed by atoms with Gasteiger partial charge in [0.15, 0.2) is 0 Å². The number of H-pyrrole nitrogens is 1. The summed E-state index contributed by atoms with van der Waals surface area (Å²) >= 11 is 0. The SMILES string of the molecule is CC(C)(C)OC(=O)N1CCC(S(=O)c2c[nH]c3ccccc23)CC1. The summed E-state index contributed by atoms with van der Waals surface area (Å²) in [6.45, 7) is 6.78. The molecule has 1 atom stereocenters. The molecule has 2 aromatic rings. The van der Waals surface area contributed by atoms with E-state index in [1.165, 1.54) is 0 Å². The zero-order chi connectivity index (χ0) is 17.3. The highest BCUT2D eigenvalue weighted by atomic mass is 32.2. The third-order valence-corrected chi connectivity index (χ3v) is 6.01. The summed E-state index contributed by atoms with van der Waals surface area (Å²) in [5.74, 6) is 0. The van der Waals surface area contributed by atoms with Crippen molar-refractivity contribution in [3.63, 3.8) is 0 Å². The molecule has 0 spiro atoms. The van der Waals surface area contributed by atoms with Crippen molar-refractivity contribution in [1.82, 2.24) is 9.88 Å². The van der Waals surface area contributed by atoms with Gasteiger partial charge in [0, 0.05) is 35.4 Å². The van der Waals surface area contributed by atoms with Gasteiger partial charge in [-0.25, -0.2) is 4.79 Å². The van der Waals surface area contributed by atoms with Gasteiger partial charge in [0.05, 0.1) is 15.7 Å². The van der Waals surface area contributed by atoms with Crippen LogP contribution in [-0.2, 0) is 15.5 Å². The number of benzene rings is 1. The molecule has 0 bridgehead atoms. The number of piperidine rings is 1.